The van der Waals surface area contributed by atoms with Crippen LogP contribution in [0.2, 0.25) is 0 Å². The van der Waals surface area contributed by atoms with Gasteiger partial charge >= 0.3 is 0 Å². The molecule has 0 saturated carbocycles. The van der Waals surface area contributed by atoms with Crippen molar-refractivity contribution in [3.63, 3.8) is 0 Å². The van der Waals surface area contributed by atoms with Gasteiger partial charge in [0.05, 0.1) is 0 Å². The van der Waals surface area contributed by atoms with Gasteiger partial charge in [0.15, 0.2) is 17.5 Å². The van der Waals surface area contributed by atoms with E-state index in [4.69, 9.17) is 19.4 Å². The molecule has 1 aliphatic rings. The van der Waals surface area contributed by atoms with Gasteiger partial charge in [-0.25, -0.2) is 15.0 Å². The van der Waals surface area contributed by atoms with Crippen molar-refractivity contribution < 1.29 is 4.42 Å². The maximum Gasteiger partial charge on any atom is 0.164 e. The van der Waals surface area contributed by atoms with Crippen molar-refractivity contribution in [1.82, 2.24) is 15.0 Å². The third kappa shape index (κ3) is 5.59. The monoisotopic (exact) mass is 879 g/mol. The summed E-state index contributed by atoms with van der Waals surface area (Å²) in [7, 11) is 0. The molecule has 14 rings (SSSR count). The van der Waals surface area contributed by atoms with Gasteiger partial charge in [0.1, 0.15) is 11.2 Å². The zero-order chi connectivity index (χ0) is 43.7. The maximum absolute atomic E-state index is 6.64. The van der Waals surface area contributed by atoms with E-state index in [0.717, 1.165) is 55.1 Å². The molecule has 4 aromatic heterocycles. The first-order valence-corrected chi connectivity index (χ1v) is 24.0. The Labute approximate surface area is 388 Å². The third-order valence-corrected chi connectivity index (χ3v) is 16.0. The molecule has 0 spiro atoms. The van der Waals surface area contributed by atoms with Gasteiger partial charge in [-0.1, -0.05) is 153 Å². The third-order valence-electron chi connectivity index (χ3n) is 13.8. The van der Waals surface area contributed by atoms with E-state index in [0.29, 0.717) is 17.5 Å². The summed E-state index contributed by atoms with van der Waals surface area (Å²) >= 11 is 3.60. The Balaban J connectivity index is 0.952. The number of thiophene rings is 2. The molecule has 0 radical (unpaired) electrons. The van der Waals surface area contributed by atoms with Crippen LogP contribution in [-0.4, -0.2) is 15.0 Å². The van der Waals surface area contributed by atoms with E-state index in [9.17, 15) is 0 Å². The molecule has 1 aliphatic carbocycles. The summed E-state index contributed by atoms with van der Waals surface area (Å²) in [6.45, 7) is 4.68. The summed E-state index contributed by atoms with van der Waals surface area (Å²) in [4.78, 5) is 16.1. The predicted octanol–water partition coefficient (Wildman–Crippen LogP) is 17.1. The lowest BCUT2D eigenvalue weighted by molar-refractivity contribution is 0.660. The fraction of sp³-hybridized carbons (Fsp3) is 0.0500. The molecule has 0 amide bonds. The van der Waals surface area contributed by atoms with Gasteiger partial charge in [-0.2, -0.15) is 0 Å². The highest BCUT2D eigenvalue weighted by atomic mass is 32.1. The lowest BCUT2D eigenvalue weighted by Gasteiger charge is -2.21. The van der Waals surface area contributed by atoms with Crippen LogP contribution in [0.15, 0.2) is 192 Å². The number of nitrogens with zero attached hydrogens (tertiary/aromatic N) is 3. The van der Waals surface area contributed by atoms with Crippen LogP contribution in [0.1, 0.15) is 25.0 Å². The maximum atomic E-state index is 6.64. The largest absolute Gasteiger partial charge is 0.456 e. The molecule has 0 unspecified atom stereocenters. The Kier molecular flexibility index (Phi) is 8.04. The van der Waals surface area contributed by atoms with Crippen molar-refractivity contribution in [1.29, 1.82) is 0 Å². The predicted molar refractivity (Wildman–Crippen MR) is 278 cm³/mol. The van der Waals surface area contributed by atoms with Gasteiger partial charge in [0.25, 0.3) is 0 Å². The molecule has 0 saturated heterocycles. The van der Waals surface area contributed by atoms with Crippen molar-refractivity contribution in [2.45, 2.75) is 19.3 Å². The minimum atomic E-state index is -0.0664. The van der Waals surface area contributed by atoms with E-state index >= 15 is 0 Å². The molecule has 13 aromatic rings. The average Bonchev–Trinajstić information content (AvgIpc) is 4.11. The topological polar surface area (TPSA) is 51.8 Å². The SMILES string of the molecule is CC1(C)c2ccccc2-c2c(-c3cccc(-c4ccc5oc6cccc(-c7nc(-c8ccc9c(c8)sc8ccccc89)nc(-c8cccc9sc%10ccccc%10c89)n7)c6c5c4)c3)cccc21. The first-order valence-electron chi connectivity index (χ1n) is 22.3. The fourth-order valence-corrected chi connectivity index (χ4v) is 12.9. The number of benzene rings is 9. The average molecular weight is 880 g/mol. The van der Waals surface area contributed by atoms with E-state index in [1.165, 1.54) is 68.3 Å². The Hall–Kier alpha value is -7.77. The van der Waals surface area contributed by atoms with Crippen molar-refractivity contribution in [2.24, 2.45) is 0 Å². The van der Waals surface area contributed by atoms with Crippen LogP contribution in [0.25, 0.3) is 130 Å². The van der Waals surface area contributed by atoms with Gasteiger partial charge in [0.2, 0.25) is 0 Å². The molecule has 4 nitrogen and oxygen atoms in total. The standard InChI is InChI=1S/C60H37N3OS2/c1-60(2)46-21-6-3-16-41(46)54-38(18-10-22-47(54)60)36-14-9-13-34(31-36)35-28-30-48-45(32-35)55-43(19-11-23-49(55)64-48)58-61-57(37-27-29-40-39-15-4-7-24-50(39)66-53(40)33-37)62-59(63-58)44-20-12-26-52-56(44)42-17-5-8-25-51(42)65-52/h3-33H,1-2H3. The lowest BCUT2D eigenvalue weighted by Crippen LogP contribution is -2.14. The normalized spacial score (nSPS) is 13.1. The van der Waals surface area contributed by atoms with E-state index in [1.807, 2.05) is 12.1 Å². The molecule has 0 fully saturated rings. The second-order valence-corrected chi connectivity index (χ2v) is 20.0. The zero-order valence-corrected chi connectivity index (χ0v) is 37.6. The summed E-state index contributed by atoms with van der Waals surface area (Å²) in [6, 6.07) is 67.7. The lowest BCUT2D eigenvalue weighted by atomic mass is 9.82. The Morgan fingerprint density at radius 3 is 1.83 bits per heavy atom. The summed E-state index contributed by atoms with van der Waals surface area (Å²) < 4.78 is 11.5. The molecule has 0 atom stereocenters. The minimum absolute atomic E-state index is 0.0664. The molecular weight excluding hydrogens is 843 g/mol. The van der Waals surface area contributed by atoms with Crippen LogP contribution in [0.4, 0.5) is 0 Å². The molecule has 0 N–H and O–H groups in total. The number of fused-ring (bicyclic) bond motifs is 12. The van der Waals surface area contributed by atoms with Crippen LogP contribution in [0, 0.1) is 0 Å². The molecular formula is C60H37N3OS2. The zero-order valence-electron chi connectivity index (χ0n) is 36.0. The van der Waals surface area contributed by atoms with Gasteiger partial charge < -0.3 is 4.42 Å². The number of hydrogen-bond donors (Lipinski definition) is 0. The van der Waals surface area contributed by atoms with Gasteiger partial charge in [-0.3, -0.25) is 0 Å². The minimum Gasteiger partial charge on any atom is -0.456 e. The summed E-state index contributed by atoms with van der Waals surface area (Å²) in [5, 5.41) is 6.86. The first-order chi connectivity index (χ1) is 32.4. The second kappa shape index (κ2) is 14.1. The molecule has 9 aromatic carbocycles. The highest BCUT2D eigenvalue weighted by Crippen LogP contribution is 2.52. The van der Waals surface area contributed by atoms with E-state index in [1.54, 1.807) is 22.7 Å². The molecule has 0 aliphatic heterocycles. The van der Waals surface area contributed by atoms with Gasteiger partial charge in [-0.05, 0) is 93.0 Å². The van der Waals surface area contributed by atoms with Gasteiger partial charge in [0, 0.05) is 73.2 Å². The van der Waals surface area contributed by atoms with Gasteiger partial charge in [-0.15, -0.1) is 22.7 Å². The molecule has 6 heteroatoms. The number of hydrogen-bond acceptors (Lipinski definition) is 6. The Morgan fingerprint density at radius 2 is 0.955 bits per heavy atom. The molecule has 310 valence electrons. The van der Waals surface area contributed by atoms with E-state index in [2.05, 4.69) is 190 Å². The molecule has 66 heavy (non-hydrogen) atoms. The van der Waals surface area contributed by atoms with E-state index in [-0.39, 0.29) is 5.41 Å². The number of aromatic nitrogens is 3. The summed E-state index contributed by atoms with van der Waals surface area (Å²) in [6.07, 6.45) is 0. The quantitative estimate of drug-likeness (QED) is 0.173. The fourth-order valence-electron chi connectivity index (χ4n) is 10.6. The van der Waals surface area contributed by atoms with Crippen molar-refractivity contribution >= 4 is 85.0 Å². The van der Waals surface area contributed by atoms with Crippen LogP contribution in [0.3, 0.4) is 0 Å². The van der Waals surface area contributed by atoms with Crippen molar-refractivity contribution in [3.05, 3.63) is 199 Å². The Morgan fingerprint density at radius 1 is 0.364 bits per heavy atom. The second-order valence-electron chi connectivity index (χ2n) is 17.9. The number of rotatable bonds is 5. The molecule has 4 heterocycles. The van der Waals surface area contributed by atoms with Crippen LogP contribution >= 0.6 is 22.7 Å². The van der Waals surface area contributed by atoms with Crippen molar-refractivity contribution in [2.75, 3.05) is 0 Å². The van der Waals surface area contributed by atoms with E-state index < -0.39 is 0 Å². The van der Waals surface area contributed by atoms with Crippen molar-refractivity contribution in [3.8, 4) is 67.5 Å². The highest BCUT2D eigenvalue weighted by Gasteiger charge is 2.36. The smallest absolute Gasteiger partial charge is 0.164 e. The summed E-state index contributed by atoms with van der Waals surface area (Å²) in [5.41, 5.74) is 14.5. The van der Waals surface area contributed by atoms with Crippen LogP contribution in [-0.2, 0) is 5.41 Å². The Bertz CT molecular complexity index is 4170. The summed E-state index contributed by atoms with van der Waals surface area (Å²) in [5.74, 6) is 1.87. The van der Waals surface area contributed by atoms with Crippen LogP contribution in [0.5, 0.6) is 0 Å². The van der Waals surface area contributed by atoms with Crippen LogP contribution < -0.4 is 0 Å². The highest BCUT2D eigenvalue weighted by molar-refractivity contribution is 7.26. The first kappa shape index (κ1) is 37.6. The number of furan rings is 1. The molecule has 0 bridgehead atoms.